The fourth-order valence-electron chi connectivity index (χ4n) is 1.48. The van der Waals surface area contributed by atoms with Gasteiger partial charge in [0.2, 0.25) is 0 Å². The Balaban J connectivity index is 2.60. The number of hydrogen-bond donors (Lipinski definition) is 0. The van der Waals surface area contributed by atoms with Crippen molar-refractivity contribution in [2.24, 2.45) is 0 Å². The zero-order valence-corrected chi connectivity index (χ0v) is 10.7. The monoisotopic (exact) mass is 267 g/mol. The highest BCUT2D eigenvalue weighted by Gasteiger charge is 2.11. The van der Waals surface area contributed by atoms with Crippen molar-refractivity contribution in [2.75, 3.05) is 0 Å². The van der Waals surface area contributed by atoms with E-state index in [1.165, 1.54) is 5.56 Å². The van der Waals surface area contributed by atoms with E-state index in [1.807, 2.05) is 16.6 Å². The molecule has 2 heterocycles. The molecule has 2 aromatic rings. The van der Waals surface area contributed by atoms with Crippen LogP contribution < -0.4 is 0 Å². The van der Waals surface area contributed by atoms with Crippen molar-refractivity contribution in [2.45, 2.75) is 33.1 Å². The van der Waals surface area contributed by atoms with Crippen molar-refractivity contribution in [3.05, 3.63) is 28.1 Å². The van der Waals surface area contributed by atoms with Gasteiger partial charge in [-0.25, -0.2) is 9.50 Å². The number of hydrogen-bond acceptors (Lipinski definition) is 2. The predicted octanol–water partition coefficient (Wildman–Crippen LogP) is 3.31. The first kappa shape index (κ1) is 10.6. The molecule has 0 N–H and O–H groups in total. The fraction of sp³-hybridized carbons (Fsp3) is 0.455. The number of pyridine rings is 1. The second-order valence-corrected chi connectivity index (χ2v) is 4.72. The third-order valence-corrected chi connectivity index (χ3v) is 3.17. The zero-order valence-electron chi connectivity index (χ0n) is 9.16. The Bertz CT molecular complexity index is 490. The predicted molar refractivity (Wildman–Crippen MR) is 64.1 cm³/mol. The molecule has 0 aliphatic carbocycles. The molecule has 15 heavy (non-hydrogen) atoms. The molecule has 0 saturated heterocycles. The maximum Gasteiger partial charge on any atom is 0.157 e. The topological polar surface area (TPSA) is 30.2 Å². The fourth-order valence-corrected chi connectivity index (χ4v) is 2.10. The highest BCUT2D eigenvalue weighted by atomic mass is 79.9. The molecule has 0 fully saturated rings. The van der Waals surface area contributed by atoms with Gasteiger partial charge in [0.1, 0.15) is 4.60 Å². The van der Waals surface area contributed by atoms with E-state index < -0.39 is 0 Å². The Morgan fingerprint density at radius 1 is 1.47 bits per heavy atom. The van der Waals surface area contributed by atoms with Gasteiger partial charge in [-0.05, 0) is 47.0 Å². The lowest BCUT2D eigenvalue weighted by atomic mass is 10.1. The van der Waals surface area contributed by atoms with Gasteiger partial charge in [0.05, 0.1) is 0 Å². The van der Waals surface area contributed by atoms with Crippen LogP contribution in [0.4, 0.5) is 0 Å². The first-order valence-corrected chi connectivity index (χ1v) is 5.94. The van der Waals surface area contributed by atoms with Crippen molar-refractivity contribution in [3.63, 3.8) is 0 Å². The second kappa shape index (κ2) is 3.93. The molecule has 0 aliphatic rings. The molecular formula is C11H14BrN3. The summed E-state index contributed by atoms with van der Waals surface area (Å²) in [6.07, 6.45) is 1.06. The molecular weight excluding hydrogens is 254 g/mol. The van der Waals surface area contributed by atoms with Gasteiger partial charge in [0, 0.05) is 5.92 Å². The molecule has 0 radical (unpaired) electrons. The van der Waals surface area contributed by atoms with Crippen molar-refractivity contribution in [1.29, 1.82) is 0 Å². The van der Waals surface area contributed by atoms with E-state index in [-0.39, 0.29) is 0 Å². The minimum atomic E-state index is 0.414. The second-order valence-electron chi connectivity index (χ2n) is 3.90. The molecule has 2 rings (SSSR count). The molecule has 3 nitrogen and oxygen atoms in total. The molecule has 0 spiro atoms. The summed E-state index contributed by atoms with van der Waals surface area (Å²) in [5.41, 5.74) is 2.11. The summed E-state index contributed by atoms with van der Waals surface area (Å²) in [5.74, 6) is 1.33. The number of nitrogens with zero attached hydrogens (tertiary/aromatic N) is 3. The standard InChI is InChI=1S/C11H14BrN3/c1-4-8(3)11-13-10-6-7(2)5-9(12)15(10)14-11/h5-6,8H,4H2,1-3H3. The van der Waals surface area contributed by atoms with E-state index in [4.69, 9.17) is 0 Å². The molecule has 1 unspecified atom stereocenters. The van der Waals surface area contributed by atoms with E-state index in [0.29, 0.717) is 5.92 Å². The molecule has 2 aromatic heterocycles. The van der Waals surface area contributed by atoms with Crippen molar-refractivity contribution in [3.8, 4) is 0 Å². The van der Waals surface area contributed by atoms with Crippen molar-refractivity contribution < 1.29 is 0 Å². The third kappa shape index (κ3) is 1.91. The van der Waals surface area contributed by atoms with Gasteiger partial charge in [-0.15, -0.1) is 5.10 Å². The molecule has 80 valence electrons. The molecule has 0 saturated carbocycles. The minimum Gasteiger partial charge on any atom is -0.212 e. The lowest BCUT2D eigenvalue weighted by molar-refractivity contribution is 0.675. The summed E-state index contributed by atoms with van der Waals surface area (Å²) in [6.45, 7) is 6.36. The van der Waals surface area contributed by atoms with Crippen molar-refractivity contribution >= 4 is 21.6 Å². The Morgan fingerprint density at radius 2 is 2.20 bits per heavy atom. The van der Waals surface area contributed by atoms with Crippen LogP contribution in [0, 0.1) is 6.92 Å². The van der Waals surface area contributed by atoms with Crippen LogP contribution >= 0.6 is 15.9 Å². The number of aryl methyl sites for hydroxylation is 1. The number of aromatic nitrogens is 3. The summed E-state index contributed by atoms with van der Waals surface area (Å²) in [7, 11) is 0. The van der Waals surface area contributed by atoms with Gasteiger partial charge in [0.15, 0.2) is 11.5 Å². The average molecular weight is 268 g/mol. The molecule has 1 atom stereocenters. The van der Waals surface area contributed by atoms with Crippen LogP contribution in [0.2, 0.25) is 0 Å². The molecule has 0 amide bonds. The summed E-state index contributed by atoms with van der Waals surface area (Å²) in [5, 5.41) is 4.48. The first-order valence-electron chi connectivity index (χ1n) is 5.14. The Labute approximate surface area is 97.6 Å². The maximum absolute atomic E-state index is 4.53. The highest BCUT2D eigenvalue weighted by molar-refractivity contribution is 9.10. The lowest BCUT2D eigenvalue weighted by Gasteiger charge is -1.99. The molecule has 0 bridgehead atoms. The quantitative estimate of drug-likeness (QED) is 0.782. The van der Waals surface area contributed by atoms with Gasteiger partial charge >= 0.3 is 0 Å². The third-order valence-electron chi connectivity index (χ3n) is 2.61. The van der Waals surface area contributed by atoms with Gasteiger partial charge < -0.3 is 0 Å². The van der Waals surface area contributed by atoms with Gasteiger partial charge in [-0.1, -0.05) is 13.8 Å². The van der Waals surface area contributed by atoms with Gasteiger partial charge in [-0.3, -0.25) is 0 Å². The minimum absolute atomic E-state index is 0.414. The largest absolute Gasteiger partial charge is 0.212 e. The van der Waals surface area contributed by atoms with E-state index in [9.17, 15) is 0 Å². The smallest absolute Gasteiger partial charge is 0.157 e. The number of halogens is 1. The Kier molecular flexibility index (Phi) is 2.78. The Hall–Kier alpha value is -0.900. The lowest BCUT2D eigenvalue weighted by Crippen LogP contribution is -1.95. The van der Waals surface area contributed by atoms with E-state index in [0.717, 1.165) is 22.5 Å². The van der Waals surface area contributed by atoms with Crippen LogP contribution in [0.3, 0.4) is 0 Å². The van der Waals surface area contributed by atoms with Crippen LogP contribution in [0.5, 0.6) is 0 Å². The van der Waals surface area contributed by atoms with E-state index in [2.05, 4.69) is 46.8 Å². The van der Waals surface area contributed by atoms with Gasteiger partial charge in [-0.2, -0.15) is 0 Å². The summed E-state index contributed by atoms with van der Waals surface area (Å²) >= 11 is 3.49. The molecule has 0 aliphatic heterocycles. The molecule has 4 heteroatoms. The van der Waals surface area contributed by atoms with Crippen molar-refractivity contribution in [1.82, 2.24) is 14.6 Å². The van der Waals surface area contributed by atoms with Crippen LogP contribution in [0.1, 0.15) is 37.6 Å². The summed E-state index contributed by atoms with van der Waals surface area (Å²) in [4.78, 5) is 4.53. The highest BCUT2D eigenvalue weighted by Crippen LogP contribution is 2.19. The Morgan fingerprint density at radius 3 is 2.87 bits per heavy atom. The van der Waals surface area contributed by atoms with Crippen LogP contribution in [-0.2, 0) is 0 Å². The van der Waals surface area contributed by atoms with Gasteiger partial charge in [0.25, 0.3) is 0 Å². The average Bonchev–Trinajstić information content (AvgIpc) is 2.60. The normalized spacial score (nSPS) is 13.3. The molecule has 0 aromatic carbocycles. The number of fused-ring (bicyclic) bond motifs is 1. The maximum atomic E-state index is 4.53. The summed E-state index contributed by atoms with van der Waals surface area (Å²) in [6, 6.07) is 4.09. The van der Waals surface area contributed by atoms with Crippen LogP contribution in [-0.4, -0.2) is 14.6 Å². The van der Waals surface area contributed by atoms with E-state index >= 15 is 0 Å². The zero-order chi connectivity index (χ0) is 11.0. The van der Waals surface area contributed by atoms with Crippen LogP contribution in [0.25, 0.3) is 5.65 Å². The van der Waals surface area contributed by atoms with E-state index in [1.54, 1.807) is 0 Å². The van der Waals surface area contributed by atoms with Crippen LogP contribution in [0.15, 0.2) is 16.7 Å². The summed E-state index contributed by atoms with van der Waals surface area (Å²) < 4.78 is 2.80. The number of rotatable bonds is 2. The first-order chi connectivity index (χ1) is 7.11. The SMILES string of the molecule is CCC(C)c1nc2cc(C)cc(Br)n2n1.